The number of rotatable bonds is 5. The molecular weight excluding hydrogens is 259 g/mol. The predicted molar refractivity (Wildman–Crippen MR) is 74.7 cm³/mol. The molecule has 0 spiro atoms. The first-order valence-electron chi connectivity index (χ1n) is 6.00. The zero-order chi connectivity index (χ0) is 14.5. The fourth-order valence-electron chi connectivity index (χ4n) is 1.76. The number of benzene rings is 2. The Morgan fingerprint density at radius 1 is 1.15 bits per heavy atom. The molecular formula is C15H15FN2O2. The molecule has 2 rings (SSSR count). The number of amidine groups is 1. The normalized spacial score (nSPS) is 10.1. The molecule has 0 atom stereocenters. The van der Waals surface area contributed by atoms with Gasteiger partial charge in [-0.05, 0) is 36.4 Å². The first-order chi connectivity index (χ1) is 9.60. The molecule has 2 aromatic carbocycles. The van der Waals surface area contributed by atoms with Crippen LogP contribution in [0.2, 0.25) is 0 Å². The second-order valence-corrected chi connectivity index (χ2v) is 4.18. The third-order valence-electron chi connectivity index (χ3n) is 2.82. The van der Waals surface area contributed by atoms with Crippen LogP contribution in [0, 0.1) is 11.2 Å². The average Bonchev–Trinajstić information content (AvgIpc) is 2.46. The van der Waals surface area contributed by atoms with Crippen molar-refractivity contribution < 1.29 is 13.9 Å². The van der Waals surface area contributed by atoms with Gasteiger partial charge in [-0.15, -0.1) is 0 Å². The van der Waals surface area contributed by atoms with Gasteiger partial charge in [0.25, 0.3) is 0 Å². The van der Waals surface area contributed by atoms with Gasteiger partial charge in [0.2, 0.25) is 0 Å². The van der Waals surface area contributed by atoms with Crippen molar-refractivity contribution in [2.75, 3.05) is 7.11 Å². The first kappa shape index (κ1) is 13.9. The smallest absolute Gasteiger partial charge is 0.123 e. The zero-order valence-corrected chi connectivity index (χ0v) is 11.0. The van der Waals surface area contributed by atoms with E-state index in [1.165, 1.54) is 12.1 Å². The molecule has 0 saturated carbocycles. The summed E-state index contributed by atoms with van der Waals surface area (Å²) in [7, 11) is 1.59. The summed E-state index contributed by atoms with van der Waals surface area (Å²) in [4.78, 5) is 0. The summed E-state index contributed by atoms with van der Waals surface area (Å²) in [5, 5.41) is 7.45. The van der Waals surface area contributed by atoms with Crippen molar-refractivity contribution in [3.63, 3.8) is 0 Å². The monoisotopic (exact) mass is 274 g/mol. The van der Waals surface area contributed by atoms with Gasteiger partial charge in [0.05, 0.1) is 7.11 Å². The highest BCUT2D eigenvalue weighted by atomic mass is 19.1. The number of methoxy groups -OCH3 is 1. The van der Waals surface area contributed by atoms with E-state index < -0.39 is 5.82 Å². The van der Waals surface area contributed by atoms with Crippen molar-refractivity contribution >= 4 is 5.84 Å². The van der Waals surface area contributed by atoms with E-state index in [9.17, 15) is 4.39 Å². The minimum absolute atomic E-state index is 0.183. The Kier molecular flexibility index (Phi) is 4.20. The Morgan fingerprint density at radius 2 is 1.80 bits per heavy atom. The Balaban J connectivity index is 2.12. The molecule has 0 amide bonds. The van der Waals surface area contributed by atoms with Crippen molar-refractivity contribution in [3.05, 3.63) is 59.4 Å². The summed E-state index contributed by atoms with van der Waals surface area (Å²) in [6.07, 6.45) is 0. The lowest BCUT2D eigenvalue weighted by atomic mass is 10.1. The lowest BCUT2D eigenvalue weighted by Crippen LogP contribution is -2.15. The molecule has 20 heavy (non-hydrogen) atoms. The number of hydrogen-bond donors (Lipinski definition) is 2. The fourth-order valence-corrected chi connectivity index (χ4v) is 1.76. The van der Waals surface area contributed by atoms with Gasteiger partial charge < -0.3 is 15.2 Å². The molecule has 0 aliphatic heterocycles. The fraction of sp³-hybridized carbons (Fsp3) is 0.133. The summed E-state index contributed by atoms with van der Waals surface area (Å²) < 4.78 is 23.8. The molecule has 5 heteroatoms. The summed E-state index contributed by atoms with van der Waals surface area (Å²) in [5.74, 6) is 0.786. The van der Waals surface area contributed by atoms with Gasteiger partial charge >= 0.3 is 0 Å². The topological polar surface area (TPSA) is 68.3 Å². The Labute approximate surface area is 116 Å². The average molecular weight is 274 g/mol. The number of halogens is 1. The largest absolute Gasteiger partial charge is 0.497 e. The third kappa shape index (κ3) is 3.26. The maximum absolute atomic E-state index is 13.1. The van der Waals surface area contributed by atoms with Crippen LogP contribution < -0.4 is 15.2 Å². The molecule has 0 fully saturated rings. The number of nitrogens with two attached hydrogens (primary N) is 1. The van der Waals surface area contributed by atoms with Crippen molar-refractivity contribution in [1.82, 2.24) is 0 Å². The van der Waals surface area contributed by atoms with Crippen LogP contribution in [0.5, 0.6) is 11.5 Å². The van der Waals surface area contributed by atoms with E-state index in [4.69, 9.17) is 20.6 Å². The van der Waals surface area contributed by atoms with Crippen LogP contribution in [0.4, 0.5) is 4.39 Å². The Bertz CT molecular complexity index is 612. The van der Waals surface area contributed by atoms with Gasteiger partial charge in [-0.1, -0.05) is 6.07 Å². The van der Waals surface area contributed by atoms with E-state index in [1.54, 1.807) is 37.4 Å². The maximum Gasteiger partial charge on any atom is 0.123 e. The summed E-state index contributed by atoms with van der Waals surface area (Å²) in [6, 6.07) is 11.2. The van der Waals surface area contributed by atoms with Crippen LogP contribution in [-0.4, -0.2) is 12.9 Å². The van der Waals surface area contributed by atoms with Crippen molar-refractivity contribution in [3.8, 4) is 11.5 Å². The Morgan fingerprint density at radius 3 is 2.40 bits per heavy atom. The van der Waals surface area contributed by atoms with Crippen molar-refractivity contribution in [2.45, 2.75) is 6.61 Å². The van der Waals surface area contributed by atoms with E-state index in [-0.39, 0.29) is 12.4 Å². The molecule has 0 bridgehead atoms. The summed E-state index contributed by atoms with van der Waals surface area (Å²) in [5.41, 5.74) is 6.44. The minimum atomic E-state index is -0.427. The number of nitrogen functional groups attached to an aromatic ring is 1. The first-order valence-corrected chi connectivity index (χ1v) is 6.00. The van der Waals surface area contributed by atoms with Gasteiger partial charge in [-0.25, -0.2) is 4.39 Å². The molecule has 0 radical (unpaired) electrons. The lowest BCUT2D eigenvalue weighted by molar-refractivity contribution is 0.305. The van der Waals surface area contributed by atoms with Crippen LogP contribution >= 0.6 is 0 Å². The van der Waals surface area contributed by atoms with Gasteiger partial charge in [0.1, 0.15) is 29.8 Å². The number of ether oxygens (including phenoxy) is 2. The van der Waals surface area contributed by atoms with E-state index >= 15 is 0 Å². The highest BCUT2D eigenvalue weighted by molar-refractivity contribution is 5.96. The number of hydrogen-bond acceptors (Lipinski definition) is 3. The van der Waals surface area contributed by atoms with Crippen LogP contribution in [-0.2, 0) is 6.61 Å². The molecule has 0 heterocycles. The molecule has 0 aliphatic rings. The van der Waals surface area contributed by atoms with Gasteiger partial charge in [-0.3, -0.25) is 5.41 Å². The van der Waals surface area contributed by atoms with Crippen molar-refractivity contribution in [1.29, 1.82) is 5.41 Å². The SMILES string of the molecule is COc1ccc(OCc2ccc(F)cc2C(=N)N)cc1. The molecule has 4 nitrogen and oxygen atoms in total. The molecule has 3 N–H and O–H groups in total. The zero-order valence-electron chi connectivity index (χ0n) is 11.0. The Hall–Kier alpha value is -2.56. The van der Waals surface area contributed by atoms with E-state index in [0.29, 0.717) is 16.9 Å². The highest BCUT2D eigenvalue weighted by Crippen LogP contribution is 2.19. The second-order valence-electron chi connectivity index (χ2n) is 4.18. The van der Waals surface area contributed by atoms with E-state index in [0.717, 1.165) is 5.75 Å². The van der Waals surface area contributed by atoms with Crippen LogP contribution in [0.15, 0.2) is 42.5 Å². The third-order valence-corrected chi connectivity index (χ3v) is 2.82. The lowest BCUT2D eigenvalue weighted by Gasteiger charge is -2.10. The molecule has 0 saturated heterocycles. The van der Waals surface area contributed by atoms with Crippen LogP contribution in [0.3, 0.4) is 0 Å². The quantitative estimate of drug-likeness (QED) is 0.650. The maximum atomic E-state index is 13.1. The molecule has 0 aromatic heterocycles. The molecule has 2 aromatic rings. The second kappa shape index (κ2) is 6.06. The van der Waals surface area contributed by atoms with E-state index in [1.807, 2.05) is 0 Å². The highest BCUT2D eigenvalue weighted by Gasteiger charge is 2.08. The summed E-state index contributed by atoms with van der Waals surface area (Å²) >= 11 is 0. The summed E-state index contributed by atoms with van der Waals surface area (Å²) in [6.45, 7) is 0.210. The van der Waals surface area contributed by atoms with Gasteiger partial charge in [0.15, 0.2) is 0 Å². The van der Waals surface area contributed by atoms with Crippen molar-refractivity contribution in [2.24, 2.45) is 5.73 Å². The van der Waals surface area contributed by atoms with E-state index in [2.05, 4.69) is 0 Å². The van der Waals surface area contributed by atoms with Gasteiger partial charge in [0, 0.05) is 11.1 Å². The van der Waals surface area contributed by atoms with Crippen LogP contribution in [0.25, 0.3) is 0 Å². The minimum Gasteiger partial charge on any atom is -0.497 e. The molecule has 104 valence electrons. The van der Waals surface area contributed by atoms with Crippen LogP contribution in [0.1, 0.15) is 11.1 Å². The van der Waals surface area contributed by atoms with Gasteiger partial charge in [-0.2, -0.15) is 0 Å². The number of nitrogens with one attached hydrogen (secondary N) is 1. The molecule has 0 unspecified atom stereocenters. The predicted octanol–water partition coefficient (Wildman–Crippen LogP) is 2.70. The standard InChI is InChI=1S/C15H15FN2O2/c1-19-12-4-6-13(7-5-12)20-9-10-2-3-11(16)8-14(10)15(17)18/h2-8H,9H2,1H3,(H3,17,18). The molecule has 0 aliphatic carbocycles.